The van der Waals surface area contributed by atoms with E-state index in [0.717, 1.165) is 19.0 Å². The molecule has 0 amide bonds. The van der Waals surface area contributed by atoms with Crippen molar-refractivity contribution < 1.29 is 0 Å². The van der Waals surface area contributed by atoms with Crippen molar-refractivity contribution in [2.45, 2.75) is 57.7 Å². The van der Waals surface area contributed by atoms with E-state index in [-0.39, 0.29) is 0 Å². The predicted molar refractivity (Wildman–Crippen MR) is 82.5 cm³/mol. The van der Waals surface area contributed by atoms with Crippen LogP contribution in [0, 0.1) is 5.92 Å². The number of piperazine rings is 1. The predicted octanol–water partition coefficient (Wildman–Crippen LogP) is 2.82. The van der Waals surface area contributed by atoms with E-state index in [0.29, 0.717) is 11.6 Å². The Morgan fingerprint density at radius 2 is 2.30 bits per heavy atom. The molecule has 1 aliphatic carbocycles. The molecule has 0 aromatic carbocycles. The molecule has 0 bridgehead atoms. The lowest BCUT2D eigenvalue weighted by atomic mass is 9.89. The SMILES string of the molecule is CCCC1CNC(C)(C2CC2)CN1Cc1cccnc1. The first kappa shape index (κ1) is 14.0. The molecule has 0 spiro atoms. The summed E-state index contributed by atoms with van der Waals surface area (Å²) in [6.45, 7) is 8.07. The van der Waals surface area contributed by atoms with Gasteiger partial charge in [-0.25, -0.2) is 0 Å². The van der Waals surface area contributed by atoms with Crippen LogP contribution in [0.2, 0.25) is 0 Å². The van der Waals surface area contributed by atoms with E-state index < -0.39 is 0 Å². The molecule has 1 N–H and O–H groups in total. The molecular weight excluding hydrogens is 246 g/mol. The molecular formula is C17H27N3. The average Bonchev–Trinajstić information content (AvgIpc) is 3.28. The first-order chi connectivity index (χ1) is 9.71. The van der Waals surface area contributed by atoms with E-state index in [1.165, 1.54) is 37.8 Å². The fourth-order valence-electron chi connectivity index (χ4n) is 3.61. The van der Waals surface area contributed by atoms with Gasteiger partial charge in [0.25, 0.3) is 0 Å². The number of nitrogens with one attached hydrogen (secondary N) is 1. The summed E-state index contributed by atoms with van der Waals surface area (Å²) in [5, 5.41) is 3.85. The Morgan fingerprint density at radius 3 is 2.95 bits per heavy atom. The molecule has 1 aliphatic heterocycles. The first-order valence-corrected chi connectivity index (χ1v) is 8.09. The van der Waals surface area contributed by atoms with E-state index >= 15 is 0 Å². The Labute approximate surface area is 122 Å². The maximum atomic E-state index is 4.26. The van der Waals surface area contributed by atoms with Crippen LogP contribution in [0.5, 0.6) is 0 Å². The number of nitrogens with zero attached hydrogens (tertiary/aromatic N) is 2. The maximum Gasteiger partial charge on any atom is 0.0312 e. The summed E-state index contributed by atoms with van der Waals surface area (Å²) in [5.41, 5.74) is 1.67. The lowest BCUT2D eigenvalue weighted by molar-refractivity contribution is 0.0638. The van der Waals surface area contributed by atoms with E-state index in [4.69, 9.17) is 0 Å². The minimum absolute atomic E-state index is 0.326. The molecule has 1 aromatic heterocycles. The van der Waals surface area contributed by atoms with Gasteiger partial charge in [-0.3, -0.25) is 9.88 Å². The second-order valence-electron chi connectivity index (χ2n) is 6.78. The largest absolute Gasteiger partial charge is 0.308 e. The van der Waals surface area contributed by atoms with Crippen molar-refractivity contribution in [3.05, 3.63) is 30.1 Å². The third-order valence-electron chi connectivity index (χ3n) is 5.00. The van der Waals surface area contributed by atoms with Gasteiger partial charge in [0.1, 0.15) is 0 Å². The zero-order chi connectivity index (χ0) is 14.0. The van der Waals surface area contributed by atoms with Crippen molar-refractivity contribution in [3.8, 4) is 0 Å². The van der Waals surface area contributed by atoms with E-state index in [1.54, 1.807) is 0 Å². The summed E-state index contributed by atoms with van der Waals surface area (Å²) in [5.74, 6) is 0.890. The number of hydrogen-bond acceptors (Lipinski definition) is 3. The Kier molecular flexibility index (Phi) is 4.08. The second-order valence-corrected chi connectivity index (χ2v) is 6.78. The van der Waals surface area contributed by atoms with Crippen molar-refractivity contribution in [1.29, 1.82) is 0 Å². The fraction of sp³-hybridized carbons (Fsp3) is 0.706. The third-order valence-corrected chi connectivity index (χ3v) is 5.00. The molecule has 3 rings (SSSR count). The third kappa shape index (κ3) is 3.04. The number of rotatable bonds is 5. The molecule has 3 nitrogen and oxygen atoms in total. The van der Waals surface area contributed by atoms with Gasteiger partial charge in [0.15, 0.2) is 0 Å². The molecule has 2 aliphatic rings. The van der Waals surface area contributed by atoms with Crippen molar-refractivity contribution >= 4 is 0 Å². The minimum Gasteiger partial charge on any atom is -0.308 e. The molecule has 1 aromatic rings. The average molecular weight is 273 g/mol. The summed E-state index contributed by atoms with van der Waals surface area (Å²) in [7, 11) is 0. The van der Waals surface area contributed by atoms with Crippen LogP contribution >= 0.6 is 0 Å². The summed E-state index contributed by atoms with van der Waals surface area (Å²) < 4.78 is 0. The van der Waals surface area contributed by atoms with Crippen molar-refractivity contribution in [3.63, 3.8) is 0 Å². The molecule has 0 radical (unpaired) electrons. The van der Waals surface area contributed by atoms with Crippen LogP contribution < -0.4 is 5.32 Å². The highest BCUT2D eigenvalue weighted by Gasteiger charge is 2.45. The summed E-state index contributed by atoms with van der Waals surface area (Å²) in [6, 6.07) is 4.92. The number of hydrogen-bond donors (Lipinski definition) is 1. The van der Waals surface area contributed by atoms with Gasteiger partial charge in [-0.2, -0.15) is 0 Å². The van der Waals surface area contributed by atoms with E-state index in [2.05, 4.69) is 35.1 Å². The van der Waals surface area contributed by atoms with Crippen LogP contribution in [-0.4, -0.2) is 34.6 Å². The Bertz CT molecular complexity index is 429. The van der Waals surface area contributed by atoms with Crippen LogP contribution in [0.3, 0.4) is 0 Å². The van der Waals surface area contributed by atoms with Gasteiger partial charge >= 0.3 is 0 Å². The van der Waals surface area contributed by atoms with Gasteiger partial charge in [0.2, 0.25) is 0 Å². The van der Waals surface area contributed by atoms with Crippen LogP contribution in [0.15, 0.2) is 24.5 Å². The van der Waals surface area contributed by atoms with Gasteiger partial charge in [-0.15, -0.1) is 0 Å². The molecule has 2 heterocycles. The molecule has 20 heavy (non-hydrogen) atoms. The Balaban J connectivity index is 1.71. The van der Waals surface area contributed by atoms with Gasteiger partial charge in [0.05, 0.1) is 0 Å². The normalized spacial score (nSPS) is 31.4. The van der Waals surface area contributed by atoms with Crippen molar-refractivity contribution in [2.24, 2.45) is 5.92 Å². The zero-order valence-electron chi connectivity index (χ0n) is 12.8. The number of pyridine rings is 1. The molecule has 1 saturated heterocycles. The van der Waals surface area contributed by atoms with Crippen LogP contribution in [0.4, 0.5) is 0 Å². The topological polar surface area (TPSA) is 28.2 Å². The lowest BCUT2D eigenvalue weighted by Gasteiger charge is -2.47. The number of aromatic nitrogens is 1. The zero-order valence-corrected chi connectivity index (χ0v) is 12.8. The summed E-state index contributed by atoms with van der Waals surface area (Å²) in [4.78, 5) is 6.95. The highest BCUT2D eigenvalue weighted by atomic mass is 15.3. The highest BCUT2D eigenvalue weighted by Crippen LogP contribution is 2.41. The molecule has 2 unspecified atom stereocenters. The first-order valence-electron chi connectivity index (χ1n) is 8.09. The minimum atomic E-state index is 0.326. The molecule has 2 fully saturated rings. The van der Waals surface area contributed by atoms with Crippen LogP contribution in [0.1, 0.15) is 45.1 Å². The van der Waals surface area contributed by atoms with Gasteiger partial charge in [-0.1, -0.05) is 19.4 Å². The Hall–Kier alpha value is -0.930. The van der Waals surface area contributed by atoms with Crippen molar-refractivity contribution in [2.75, 3.05) is 13.1 Å². The van der Waals surface area contributed by atoms with Gasteiger partial charge < -0.3 is 5.32 Å². The van der Waals surface area contributed by atoms with Crippen LogP contribution in [0.25, 0.3) is 0 Å². The molecule has 1 saturated carbocycles. The highest BCUT2D eigenvalue weighted by molar-refractivity contribution is 5.11. The quantitative estimate of drug-likeness (QED) is 0.894. The molecule has 3 heteroatoms. The van der Waals surface area contributed by atoms with Gasteiger partial charge in [0, 0.05) is 43.6 Å². The fourth-order valence-corrected chi connectivity index (χ4v) is 3.61. The molecule has 2 atom stereocenters. The lowest BCUT2D eigenvalue weighted by Crippen LogP contribution is -2.63. The molecule has 110 valence electrons. The Morgan fingerprint density at radius 1 is 1.45 bits per heavy atom. The van der Waals surface area contributed by atoms with Gasteiger partial charge in [-0.05, 0) is 43.7 Å². The second kappa shape index (κ2) is 5.82. The van der Waals surface area contributed by atoms with E-state index in [1.807, 2.05) is 18.5 Å². The van der Waals surface area contributed by atoms with E-state index in [9.17, 15) is 0 Å². The summed E-state index contributed by atoms with van der Waals surface area (Å²) >= 11 is 0. The van der Waals surface area contributed by atoms with Crippen molar-refractivity contribution in [1.82, 2.24) is 15.2 Å². The standard InChI is InChI=1S/C17H27N3/c1-3-5-16-11-19-17(2,15-7-8-15)13-20(16)12-14-6-4-9-18-10-14/h4,6,9-10,15-16,19H,3,5,7-8,11-13H2,1-2H3. The monoisotopic (exact) mass is 273 g/mol. The van der Waals surface area contributed by atoms with Crippen LogP contribution in [-0.2, 0) is 6.54 Å². The maximum absolute atomic E-state index is 4.26. The smallest absolute Gasteiger partial charge is 0.0312 e. The summed E-state index contributed by atoms with van der Waals surface area (Å²) in [6.07, 6.45) is 9.23.